The smallest absolute Gasteiger partial charge is 0.254 e. The summed E-state index contributed by atoms with van der Waals surface area (Å²) in [5, 5.41) is 8.88. The molecule has 1 aliphatic rings. The van der Waals surface area contributed by atoms with Gasteiger partial charge in [-0.3, -0.25) is 4.79 Å². The molecular weight excluding hydrogens is 374 g/mol. The molecule has 1 aromatic heterocycles. The molecule has 1 aliphatic heterocycles. The van der Waals surface area contributed by atoms with Gasteiger partial charge in [-0.25, -0.2) is 0 Å². The first kappa shape index (κ1) is 19.9. The molecule has 0 saturated carbocycles. The molecule has 0 bridgehead atoms. The molecule has 4 rings (SSSR count). The summed E-state index contributed by atoms with van der Waals surface area (Å²) in [6.07, 6.45) is 0. The van der Waals surface area contributed by atoms with Gasteiger partial charge in [0.05, 0.1) is 5.69 Å². The zero-order valence-corrected chi connectivity index (χ0v) is 17.7. The molecule has 154 valence electrons. The van der Waals surface area contributed by atoms with Crippen molar-refractivity contribution in [1.29, 1.82) is 0 Å². The average molecular weight is 402 g/mol. The molecule has 3 aromatic rings. The highest BCUT2D eigenvalue weighted by Gasteiger charge is 2.23. The Kier molecular flexibility index (Phi) is 5.65. The van der Waals surface area contributed by atoms with E-state index in [4.69, 9.17) is 0 Å². The Morgan fingerprint density at radius 1 is 0.900 bits per heavy atom. The SMILES string of the molecule is Cc1ccccc1-c1ccc(N2CCN(C(=O)c3cccc(N(C)C)c3)CC2)nn1. The molecule has 6 heteroatoms. The number of rotatable bonds is 4. The zero-order valence-electron chi connectivity index (χ0n) is 17.7. The highest BCUT2D eigenvalue weighted by Crippen LogP contribution is 2.23. The van der Waals surface area contributed by atoms with Crippen LogP contribution in [0.4, 0.5) is 11.5 Å². The fourth-order valence-electron chi connectivity index (χ4n) is 3.74. The van der Waals surface area contributed by atoms with Gasteiger partial charge in [-0.2, -0.15) is 0 Å². The second kappa shape index (κ2) is 8.53. The molecule has 0 aliphatic carbocycles. The number of aromatic nitrogens is 2. The van der Waals surface area contributed by atoms with Crippen molar-refractivity contribution in [1.82, 2.24) is 15.1 Å². The van der Waals surface area contributed by atoms with Crippen molar-refractivity contribution in [3.8, 4) is 11.3 Å². The largest absolute Gasteiger partial charge is 0.378 e. The standard InChI is InChI=1S/C24H27N5O/c1-18-7-4-5-10-21(18)22-11-12-23(26-25-22)28-13-15-29(16-14-28)24(30)19-8-6-9-20(17-19)27(2)3/h4-12,17H,13-16H2,1-3H3. The van der Waals surface area contributed by atoms with E-state index in [1.165, 1.54) is 5.56 Å². The van der Waals surface area contributed by atoms with Gasteiger partial charge in [0, 0.05) is 57.1 Å². The highest BCUT2D eigenvalue weighted by atomic mass is 16.2. The van der Waals surface area contributed by atoms with Gasteiger partial charge in [0.25, 0.3) is 5.91 Å². The van der Waals surface area contributed by atoms with Gasteiger partial charge in [-0.1, -0.05) is 30.3 Å². The van der Waals surface area contributed by atoms with Crippen LogP contribution in [0.25, 0.3) is 11.3 Å². The van der Waals surface area contributed by atoms with E-state index >= 15 is 0 Å². The van der Waals surface area contributed by atoms with Crippen molar-refractivity contribution < 1.29 is 4.79 Å². The van der Waals surface area contributed by atoms with Crippen LogP contribution in [0.1, 0.15) is 15.9 Å². The Bertz CT molecular complexity index is 1020. The van der Waals surface area contributed by atoms with Gasteiger partial charge in [-0.15, -0.1) is 10.2 Å². The third-order valence-corrected chi connectivity index (χ3v) is 5.57. The third kappa shape index (κ3) is 4.13. The first-order valence-corrected chi connectivity index (χ1v) is 10.2. The van der Waals surface area contributed by atoms with E-state index in [1.807, 2.05) is 72.4 Å². The summed E-state index contributed by atoms with van der Waals surface area (Å²) in [5.74, 6) is 0.938. The number of aryl methyl sites for hydroxylation is 1. The number of amides is 1. The van der Waals surface area contributed by atoms with Crippen LogP contribution in [0, 0.1) is 6.92 Å². The number of anilines is 2. The average Bonchev–Trinajstić information content (AvgIpc) is 2.79. The quantitative estimate of drug-likeness (QED) is 0.670. The molecule has 0 atom stereocenters. The Balaban J connectivity index is 1.40. The van der Waals surface area contributed by atoms with Crippen LogP contribution in [0.15, 0.2) is 60.7 Å². The van der Waals surface area contributed by atoms with E-state index < -0.39 is 0 Å². The van der Waals surface area contributed by atoms with Crippen LogP contribution in [-0.2, 0) is 0 Å². The summed E-state index contributed by atoms with van der Waals surface area (Å²) < 4.78 is 0. The van der Waals surface area contributed by atoms with E-state index in [1.54, 1.807) is 0 Å². The Morgan fingerprint density at radius 3 is 2.33 bits per heavy atom. The lowest BCUT2D eigenvalue weighted by molar-refractivity contribution is 0.0746. The number of hydrogen-bond acceptors (Lipinski definition) is 5. The molecule has 2 aromatic carbocycles. The maximum atomic E-state index is 12.9. The first-order valence-electron chi connectivity index (χ1n) is 10.2. The molecule has 0 unspecified atom stereocenters. The zero-order chi connectivity index (χ0) is 21.1. The van der Waals surface area contributed by atoms with E-state index in [-0.39, 0.29) is 5.91 Å². The lowest BCUT2D eigenvalue weighted by atomic mass is 10.1. The second-order valence-electron chi connectivity index (χ2n) is 7.82. The normalized spacial score (nSPS) is 14.0. The van der Waals surface area contributed by atoms with E-state index in [9.17, 15) is 4.79 Å². The molecule has 1 amide bonds. The maximum Gasteiger partial charge on any atom is 0.254 e. The number of hydrogen-bond donors (Lipinski definition) is 0. The predicted octanol–water partition coefficient (Wildman–Crippen LogP) is 3.48. The van der Waals surface area contributed by atoms with Crippen molar-refractivity contribution in [2.45, 2.75) is 6.92 Å². The molecule has 0 spiro atoms. The van der Waals surface area contributed by atoms with Gasteiger partial charge < -0.3 is 14.7 Å². The van der Waals surface area contributed by atoms with Crippen LogP contribution in [0.5, 0.6) is 0 Å². The van der Waals surface area contributed by atoms with Crippen molar-refractivity contribution in [2.24, 2.45) is 0 Å². The highest BCUT2D eigenvalue weighted by molar-refractivity contribution is 5.95. The number of carbonyl (C=O) groups is 1. The molecule has 1 fully saturated rings. The number of piperazine rings is 1. The van der Waals surface area contributed by atoms with Crippen molar-refractivity contribution in [2.75, 3.05) is 50.1 Å². The van der Waals surface area contributed by atoms with E-state index in [0.717, 1.165) is 41.4 Å². The minimum absolute atomic E-state index is 0.0827. The van der Waals surface area contributed by atoms with Gasteiger partial charge in [0.15, 0.2) is 5.82 Å². The third-order valence-electron chi connectivity index (χ3n) is 5.57. The fourth-order valence-corrected chi connectivity index (χ4v) is 3.74. The summed E-state index contributed by atoms with van der Waals surface area (Å²) in [4.78, 5) is 19.0. The molecule has 0 N–H and O–H groups in total. The Hall–Kier alpha value is -3.41. The van der Waals surface area contributed by atoms with Crippen LogP contribution < -0.4 is 9.80 Å². The van der Waals surface area contributed by atoms with Crippen molar-refractivity contribution >= 4 is 17.4 Å². The summed E-state index contributed by atoms with van der Waals surface area (Å²) in [7, 11) is 3.96. The van der Waals surface area contributed by atoms with Gasteiger partial charge in [0.1, 0.15) is 0 Å². The van der Waals surface area contributed by atoms with Crippen LogP contribution >= 0.6 is 0 Å². The number of nitrogens with zero attached hydrogens (tertiary/aromatic N) is 5. The minimum atomic E-state index is 0.0827. The Labute approximate surface area is 177 Å². The Morgan fingerprint density at radius 2 is 1.67 bits per heavy atom. The summed E-state index contributed by atoms with van der Waals surface area (Å²) >= 11 is 0. The number of benzene rings is 2. The summed E-state index contributed by atoms with van der Waals surface area (Å²) in [6, 6.07) is 20.0. The van der Waals surface area contributed by atoms with Crippen LogP contribution in [-0.4, -0.2) is 61.3 Å². The molecule has 2 heterocycles. The van der Waals surface area contributed by atoms with Gasteiger partial charge in [0.2, 0.25) is 0 Å². The topological polar surface area (TPSA) is 52.6 Å². The fraction of sp³-hybridized carbons (Fsp3) is 0.292. The monoisotopic (exact) mass is 401 g/mol. The molecule has 6 nitrogen and oxygen atoms in total. The molecule has 30 heavy (non-hydrogen) atoms. The summed E-state index contributed by atoms with van der Waals surface area (Å²) in [5.41, 5.74) is 4.93. The van der Waals surface area contributed by atoms with Crippen LogP contribution in [0.3, 0.4) is 0 Å². The van der Waals surface area contributed by atoms with Gasteiger partial charge in [-0.05, 0) is 42.8 Å². The molecule has 1 saturated heterocycles. The molecule has 0 radical (unpaired) electrons. The van der Waals surface area contributed by atoms with E-state index in [0.29, 0.717) is 13.1 Å². The van der Waals surface area contributed by atoms with Gasteiger partial charge >= 0.3 is 0 Å². The minimum Gasteiger partial charge on any atom is -0.378 e. The lowest BCUT2D eigenvalue weighted by Gasteiger charge is -2.35. The predicted molar refractivity (Wildman–Crippen MR) is 121 cm³/mol. The van der Waals surface area contributed by atoms with Crippen LogP contribution in [0.2, 0.25) is 0 Å². The van der Waals surface area contributed by atoms with Crippen molar-refractivity contribution in [3.05, 3.63) is 71.8 Å². The van der Waals surface area contributed by atoms with E-state index in [2.05, 4.69) is 34.2 Å². The number of carbonyl (C=O) groups excluding carboxylic acids is 1. The lowest BCUT2D eigenvalue weighted by Crippen LogP contribution is -2.49. The van der Waals surface area contributed by atoms with Crippen molar-refractivity contribution in [3.63, 3.8) is 0 Å². The maximum absolute atomic E-state index is 12.9. The second-order valence-corrected chi connectivity index (χ2v) is 7.82. The summed E-state index contributed by atoms with van der Waals surface area (Å²) in [6.45, 7) is 4.92. The first-order chi connectivity index (χ1) is 14.5. The molecular formula is C24H27N5O.